The summed E-state index contributed by atoms with van der Waals surface area (Å²) in [5.74, 6) is 0. The molecule has 0 amide bonds. The van der Waals surface area contributed by atoms with E-state index in [1.54, 1.807) is 0 Å². The Morgan fingerprint density at radius 2 is 1.83 bits per heavy atom. The summed E-state index contributed by atoms with van der Waals surface area (Å²) in [6, 6.07) is 1.99. The van der Waals surface area contributed by atoms with Gasteiger partial charge >= 0.3 is 12.4 Å². The van der Waals surface area contributed by atoms with Gasteiger partial charge in [-0.1, -0.05) is 6.07 Å². The minimum absolute atomic E-state index is 0.323. The van der Waals surface area contributed by atoms with Gasteiger partial charge in [0.25, 0.3) is 5.69 Å². The second-order valence-corrected chi connectivity index (χ2v) is 4.85. The van der Waals surface area contributed by atoms with Crippen molar-refractivity contribution < 1.29 is 36.4 Å². The first-order valence-corrected chi connectivity index (χ1v) is 6.10. The summed E-state index contributed by atoms with van der Waals surface area (Å²) in [4.78, 5) is 10.4. The number of rotatable bonds is 5. The van der Waals surface area contributed by atoms with E-state index in [-0.39, 0.29) is 0 Å². The molecule has 0 aliphatic rings. The van der Waals surface area contributed by atoms with Gasteiger partial charge < -0.3 is 5.11 Å². The molecule has 5 nitrogen and oxygen atoms in total. The van der Waals surface area contributed by atoms with Crippen molar-refractivity contribution in [2.24, 2.45) is 0 Å². The van der Waals surface area contributed by atoms with E-state index >= 15 is 0 Å². The molecular weight excluding hydrogens is 334 g/mol. The molecule has 0 aliphatic heterocycles. The van der Waals surface area contributed by atoms with Crippen molar-refractivity contribution in [1.29, 1.82) is 0 Å². The summed E-state index contributed by atoms with van der Waals surface area (Å²) < 4.78 is 75.5. The van der Waals surface area contributed by atoms with Gasteiger partial charge in [0, 0.05) is 25.2 Å². The summed E-state index contributed by atoms with van der Waals surface area (Å²) in [5.41, 5.74) is -2.51. The Kier molecular flexibility index (Phi) is 5.59. The number of non-ortho nitro benzene ring substituents is 1. The maximum absolute atomic E-state index is 12.9. The Morgan fingerprint density at radius 3 is 2.26 bits per heavy atom. The number of benzene rings is 1. The molecule has 1 aromatic carbocycles. The first kappa shape index (κ1) is 19.2. The highest BCUT2D eigenvalue weighted by atomic mass is 19.4. The van der Waals surface area contributed by atoms with Crippen molar-refractivity contribution >= 4 is 5.69 Å². The summed E-state index contributed by atoms with van der Waals surface area (Å²) in [6.45, 7) is -1.50. The third kappa shape index (κ3) is 5.36. The lowest BCUT2D eigenvalue weighted by atomic mass is 10.1. The predicted octanol–water partition coefficient (Wildman–Crippen LogP) is 2.97. The van der Waals surface area contributed by atoms with Crippen LogP contribution in [0.5, 0.6) is 0 Å². The Bertz CT molecular complexity index is 573. The van der Waals surface area contributed by atoms with Gasteiger partial charge in [0.2, 0.25) is 0 Å². The third-order valence-electron chi connectivity index (χ3n) is 2.91. The average molecular weight is 346 g/mol. The second kappa shape index (κ2) is 6.71. The molecule has 0 aromatic heterocycles. The Balaban J connectivity index is 3.02. The topological polar surface area (TPSA) is 66.6 Å². The molecule has 0 aliphatic carbocycles. The van der Waals surface area contributed by atoms with E-state index in [2.05, 4.69) is 0 Å². The van der Waals surface area contributed by atoms with E-state index in [9.17, 15) is 36.5 Å². The number of nitro groups is 1. The standard InChI is InChI=1S/C12H12F6N2O3/c1-19(6-10(21)12(16,17)18)5-7-2-3-8(20(22)23)4-9(7)11(13,14)15/h2-4,10,21H,5-6H2,1H3. The number of likely N-dealkylation sites (N-methyl/N-ethyl adjacent to an activating group) is 1. The highest BCUT2D eigenvalue weighted by Gasteiger charge is 2.39. The number of halogens is 6. The lowest BCUT2D eigenvalue weighted by molar-refractivity contribution is -0.385. The van der Waals surface area contributed by atoms with Crippen LogP contribution in [0.25, 0.3) is 0 Å². The van der Waals surface area contributed by atoms with Crippen LogP contribution in [-0.2, 0) is 12.7 Å². The van der Waals surface area contributed by atoms with E-state index in [4.69, 9.17) is 5.11 Å². The van der Waals surface area contributed by atoms with E-state index in [0.717, 1.165) is 24.1 Å². The number of hydrogen-bond acceptors (Lipinski definition) is 4. The van der Waals surface area contributed by atoms with Crippen molar-refractivity contribution in [3.63, 3.8) is 0 Å². The maximum atomic E-state index is 12.9. The molecule has 1 unspecified atom stereocenters. The van der Waals surface area contributed by atoms with Crippen molar-refractivity contribution in [2.45, 2.75) is 25.0 Å². The van der Waals surface area contributed by atoms with Crippen LogP contribution in [0.3, 0.4) is 0 Å². The Labute approximate surface area is 126 Å². The third-order valence-corrected chi connectivity index (χ3v) is 2.91. The van der Waals surface area contributed by atoms with E-state index < -0.39 is 53.3 Å². The summed E-state index contributed by atoms with van der Waals surface area (Å²) in [5, 5.41) is 19.4. The molecule has 1 N–H and O–H groups in total. The number of nitrogens with zero attached hydrogens (tertiary/aromatic N) is 2. The smallest absolute Gasteiger partial charge is 0.382 e. The quantitative estimate of drug-likeness (QED) is 0.506. The molecule has 0 saturated carbocycles. The summed E-state index contributed by atoms with van der Waals surface area (Å²) in [7, 11) is 1.09. The molecule has 130 valence electrons. The fourth-order valence-corrected chi connectivity index (χ4v) is 1.83. The van der Waals surface area contributed by atoms with Crippen LogP contribution in [0.15, 0.2) is 18.2 Å². The van der Waals surface area contributed by atoms with Crippen LogP contribution in [0.4, 0.5) is 32.0 Å². The largest absolute Gasteiger partial charge is 0.416 e. The molecule has 1 atom stereocenters. The molecular formula is C12H12F6N2O3. The van der Waals surface area contributed by atoms with Crippen molar-refractivity contribution in [3.05, 3.63) is 39.4 Å². The first-order chi connectivity index (χ1) is 10.3. The predicted molar refractivity (Wildman–Crippen MR) is 66.5 cm³/mol. The van der Waals surface area contributed by atoms with Gasteiger partial charge in [-0.05, 0) is 12.6 Å². The fraction of sp³-hybridized carbons (Fsp3) is 0.500. The van der Waals surface area contributed by atoms with Gasteiger partial charge in [0.15, 0.2) is 6.10 Å². The lowest BCUT2D eigenvalue weighted by Crippen LogP contribution is -2.39. The normalized spacial score (nSPS) is 14.1. The van der Waals surface area contributed by atoms with E-state index in [0.29, 0.717) is 6.07 Å². The number of nitro benzene ring substituents is 1. The summed E-state index contributed by atoms with van der Waals surface area (Å²) >= 11 is 0. The SMILES string of the molecule is CN(Cc1ccc([N+](=O)[O-])cc1C(F)(F)F)CC(O)C(F)(F)F. The number of hydrogen-bond donors (Lipinski definition) is 1. The number of aliphatic hydroxyl groups is 1. The minimum atomic E-state index is -4.90. The molecule has 0 spiro atoms. The highest BCUT2D eigenvalue weighted by molar-refractivity contribution is 5.41. The van der Waals surface area contributed by atoms with Crippen molar-refractivity contribution in [3.8, 4) is 0 Å². The van der Waals surface area contributed by atoms with Gasteiger partial charge in [-0.2, -0.15) is 26.3 Å². The van der Waals surface area contributed by atoms with Crippen LogP contribution in [0, 0.1) is 10.1 Å². The van der Waals surface area contributed by atoms with Gasteiger partial charge in [-0.3, -0.25) is 15.0 Å². The zero-order valence-corrected chi connectivity index (χ0v) is 11.6. The van der Waals surface area contributed by atoms with E-state index in [1.165, 1.54) is 0 Å². The molecule has 0 fully saturated rings. The van der Waals surface area contributed by atoms with Crippen molar-refractivity contribution in [2.75, 3.05) is 13.6 Å². The molecule has 1 rings (SSSR count). The molecule has 0 saturated heterocycles. The monoisotopic (exact) mass is 346 g/mol. The molecule has 1 aromatic rings. The van der Waals surface area contributed by atoms with Gasteiger partial charge in [0.1, 0.15) is 0 Å². The Morgan fingerprint density at radius 1 is 1.26 bits per heavy atom. The first-order valence-electron chi connectivity index (χ1n) is 6.10. The maximum Gasteiger partial charge on any atom is 0.416 e. The zero-order chi connectivity index (χ0) is 18.0. The number of aliphatic hydroxyl groups excluding tert-OH is 1. The molecule has 11 heteroatoms. The van der Waals surface area contributed by atoms with Crippen LogP contribution >= 0.6 is 0 Å². The number of alkyl halides is 6. The highest BCUT2D eigenvalue weighted by Crippen LogP contribution is 2.35. The van der Waals surface area contributed by atoms with Gasteiger partial charge in [0.05, 0.1) is 10.5 Å². The van der Waals surface area contributed by atoms with Crippen LogP contribution < -0.4 is 0 Å². The lowest BCUT2D eigenvalue weighted by Gasteiger charge is -2.23. The second-order valence-electron chi connectivity index (χ2n) is 4.85. The van der Waals surface area contributed by atoms with Gasteiger partial charge in [-0.25, -0.2) is 0 Å². The molecule has 23 heavy (non-hydrogen) atoms. The average Bonchev–Trinajstić information content (AvgIpc) is 2.36. The van der Waals surface area contributed by atoms with Crippen molar-refractivity contribution in [1.82, 2.24) is 4.90 Å². The molecule has 0 bridgehead atoms. The minimum Gasteiger partial charge on any atom is -0.382 e. The fourth-order valence-electron chi connectivity index (χ4n) is 1.83. The Hall–Kier alpha value is -1.88. The van der Waals surface area contributed by atoms with Gasteiger partial charge in [-0.15, -0.1) is 0 Å². The van der Waals surface area contributed by atoms with Crippen LogP contribution in [-0.4, -0.2) is 40.8 Å². The zero-order valence-electron chi connectivity index (χ0n) is 11.6. The summed E-state index contributed by atoms with van der Waals surface area (Å²) in [6.07, 6.45) is -12.5. The van der Waals surface area contributed by atoms with Crippen LogP contribution in [0.2, 0.25) is 0 Å². The molecule has 0 heterocycles. The molecule has 0 radical (unpaired) electrons. The van der Waals surface area contributed by atoms with E-state index in [1.807, 2.05) is 0 Å². The van der Waals surface area contributed by atoms with Crippen LogP contribution in [0.1, 0.15) is 11.1 Å².